The molecule has 2 atom stereocenters. The summed E-state index contributed by atoms with van der Waals surface area (Å²) in [5.74, 6) is 0. The Morgan fingerprint density at radius 2 is 1.47 bits per heavy atom. The molecule has 19 heavy (non-hydrogen) atoms. The van der Waals surface area contributed by atoms with E-state index < -0.39 is 0 Å². The minimum Gasteiger partial charge on any atom is -0.370 e. The molecule has 2 unspecified atom stereocenters. The van der Waals surface area contributed by atoms with Gasteiger partial charge in [-0.15, -0.1) is 5.73 Å². The van der Waals surface area contributed by atoms with E-state index in [0.29, 0.717) is 12.2 Å². The molecule has 1 saturated heterocycles. The minimum atomic E-state index is 0.602. The van der Waals surface area contributed by atoms with Crippen LogP contribution in [-0.4, -0.2) is 12.2 Å². The van der Waals surface area contributed by atoms with Crippen LogP contribution in [0, 0.1) is 0 Å². The topological polar surface area (TPSA) is 12.5 Å². The lowest BCUT2D eigenvalue weighted by Crippen LogP contribution is -1.94. The largest absolute Gasteiger partial charge is 0.370 e. The van der Waals surface area contributed by atoms with Crippen molar-refractivity contribution in [1.29, 1.82) is 0 Å². The lowest BCUT2D eigenvalue weighted by molar-refractivity contribution is 0.348. The first-order valence-electron chi connectivity index (χ1n) is 8.38. The van der Waals surface area contributed by atoms with Gasteiger partial charge in [0.1, 0.15) is 0 Å². The summed E-state index contributed by atoms with van der Waals surface area (Å²) in [7, 11) is 0. The second-order valence-corrected chi connectivity index (χ2v) is 5.82. The number of unbranched alkanes of at least 4 members (excludes halogenated alkanes) is 8. The summed E-state index contributed by atoms with van der Waals surface area (Å²) in [6, 6.07) is 0. The fourth-order valence-electron chi connectivity index (χ4n) is 2.68. The van der Waals surface area contributed by atoms with E-state index in [-0.39, 0.29) is 0 Å². The highest BCUT2D eigenvalue weighted by Crippen LogP contribution is 2.31. The predicted octanol–water partition coefficient (Wildman–Crippen LogP) is 5.80. The Morgan fingerprint density at radius 1 is 0.895 bits per heavy atom. The molecular weight excluding hydrogens is 232 g/mol. The highest BCUT2D eigenvalue weighted by Gasteiger charge is 2.36. The van der Waals surface area contributed by atoms with Crippen LogP contribution in [0.4, 0.5) is 0 Å². The summed E-state index contributed by atoms with van der Waals surface area (Å²) in [6.45, 7) is 5.85. The lowest BCUT2D eigenvalue weighted by atomic mass is 10.0. The summed E-state index contributed by atoms with van der Waals surface area (Å²) in [6.07, 6.45) is 19.2. The average molecular weight is 264 g/mol. The van der Waals surface area contributed by atoms with Crippen molar-refractivity contribution >= 4 is 0 Å². The maximum Gasteiger partial charge on any atom is 0.0841 e. The van der Waals surface area contributed by atoms with Gasteiger partial charge in [-0.1, -0.05) is 64.9 Å². The SMILES string of the molecule is C=C=CCCCCCC1OC1CCCCCCCC. The van der Waals surface area contributed by atoms with Gasteiger partial charge in [-0.3, -0.25) is 0 Å². The van der Waals surface area contributed by atoms with Crippen molar-refractivity contribution in [1.82, 2.24) is 0 Å². The first-order chi connectivity index (χ1) is 9.38. The van der Waals surface area contributed by atoms with Crippen LogP contribution in [-0.2, 0) is 4.74 Å². The molecule has 0 bridgehead atoms. The number of allylic oxidation sites excluding steroid dienone is 1. The first-order valence-corrected chi connectivity index (χ1v) is 8.38. The van der Waals surface area contributed by atoms with Crippen molar-refractivity contribution in [2.75, 3.05) is 0 Å². The van der Waals surface area contributed by atoms with Gasteiger partial charge < -0.3 is 4.74 Å². The molecule has 0 aliphatic carbocycles. The fraction of sp³-hybridized carbons (Fsp3) is 0.833. The molecule has 0 radical (unpaired) electrons. The summed E-state index contributed by atoms with van der Waals surface area (Å²) >= 11 is 0. The van der Waals surface area contributed by atoms with Gasteiger partial charge in [-0.05, 0) is 31.8 Å². The molecule has 1 rings (SSSR count). The normalized spacial score (nSPS) is 21.1. The zero-order valence-electron chi connectivity index (χ0n) is 12.8. The molecule has 1 heteroatoms. The molecule has 0 aromatic carbocycles. The van der Waals surface area contributed by atoms with Crippen molar-refractivity contribution in [3.8, 4) is 0 Å². The van der Waals surface area contributed by atoms with Crippen molar-refractivity contribution in [3.05, 3.63) is 18.4 Å². The zero-order chi connectivity index (χ0) is 13.8. The van der Waals surface area contributed by atoms with Crippen LogP contribution in [0.5, 0.6) is 0 Å². The Hall–Kier alpha value is -0.520. The van der Waals surface area contributed by atoms with E-state index >= 15 is 0 Å². The molecule has 1 heterocycles. The van der Waals surface area contributed by atoms with Gasteiger partial charge in [0.15, 0.2) is 0 Å². The van der Waals surface area contributed by atoms with Crippen molar-refractivity contribution in [3.63, 3.8) is 0 Å². The summed E-state index contributed by atoms with van der Waals surface area (Å²) in [5, 5.41) is 0. The van der Waals surface area contributed by atoms with E-state index in [1.807, 2.05) is 6.08 Å². The van der Waals surface area contributed by atoms with Crippen LogP contribution in [0.15, 0.2) is 18.4 Å². The first kappa shape index (κ1) is 16.5. The third kappa shape index (κ3) is 9.08. The molecule has 0 aromatic rings. The fourth-order valence-corrected chi connectivity index (χ4v) is 2.68. The predicted molar refractivity (Wildman–Crippen MR) is 83.4 cm³/mol. The van der Waals surface area contributed by atoms with Gasteiger partial charge in [0, 0.05) is 0 Å². The van der Waals surface area contributed by atoms with Crippen LogP contribution < -0.4 is 0 Å². The standard InChI is InChI=1S/C18H32O/c1-3-5-7-9-11-13-15-17-18(19-17)16-14-12-10-8-6-4-2/h5,17-18H,1,4,6-16H2,2H3. The minimum absolute atomic E-state index is 0.602. The molecule has 1 fully saturated rings. The maximum absolute atomic E-state index is 5.74. The lowest BCUT2D eigenvalue weighted by Gasteiger charge is -1.99. The van der Waals surface area contributed by atoms with Crippen LogP contribution in [0.1, 0.15) is 84.0 Å². The van der Waals surface area contributed by atoms with Crippen LogP contribution >= 0.6 is 0 Å². The Kier molecular flexibility index (Phi) is 9.85. The molecule has 0 saturated carbocycles. The highest BCUT2D eigenvalue weighted by atomic mass is 16.6. The third-order valence-corrected chi connectivity index (χ3v) is 4.01. The Labute approximate surface area is 120 Å². The van der Waals surface area contributed by atoms with Gasteiger partial charge in [0.2, 0.25) is 0 Å². The van der Waals surface area contributed by atoms with Gasteiger partial charge in [-0.2, -0.15) is 0 Å². The quantitative estimate of drug-likeness (QED) is 0.233. The maximum atomic E-state index is 5.74. The second kappa shape index (κ2) is 11.3. The third-order valence-electron chi connectivity index (χ3n) is 4.01. The molecule has 0 aromatic heterocycles. The molecule has 1 aliphatic rings. The summed E-state index contributed by atoms with van der Waals surface area (Å²) < 4.78 is 5.74. The van der Waals surface area contributed by atoms with Crippen molar-refractivity contribution in [2.45, 2.75) is 96.2 Å². The molecule has 1 nitrogen and oxygen atoms in total. The molecule has 0 amide bonds. The molecule has 1 aliphatic heterocycles. The van der Waals surface area contributed by atoms with Crippen LogP contribution in [0.2, 0.25) is 0 Å². The Balaban J connectivity index is 1.79. The number of hydrogen-bond acceptors (Lipinski definition) is 1. The van der Waals surface area contributed by atoms with Crippen molar-refractivity contribution < 1.29 is 4.74 Å². The van der Waals surface area contributed by atoms with E-state index in [9.17, 15) is 0 Å². The number of hydrogen-bond donors (Lipinski definition) is 0. The smallest absolute Gasteiger partial charge is 0.0841 e. The number of rotatable bonds is 13. The molecule has 0 spiro atoms. The van der Waals surface area contributed by atoms with Crippen LogP contribution in [0.25, 0.3) is 0 Å². The van der Waals surface area contributed by atoms with E-state index in [4.69, 9.17) is 4.74 Å². The van der Waals surface area contributed by atoms with E-state index in [1.54, 1.807) is 0 Å². The van der Waals surface area contributed by atoms with Crippen LogP contribution in [0.3, 0.4) is 0 Å². The Morgan fingerprint density at radius 3 is 2.11 bits per heavy atom. The van der Waals surface area contributed by atoms with Gasteiger partial charge >= 0.3 is 0 Å². The van der Waals surface area contributed by atoms with Crippen molar-refractivity contribution in [2.24, 2.45) is 0 Å². The number of epoxide rings is 1. The Bertz CT molecular complexity index is 252. The number of ether oxygens (including phenoxy) is 1. The van der Waals surface area contributed by atoms with E-state index in [2.05, 4.69) is 19.2 Å². The van der Waals surface area contributed by atoms with E-state index in [0.717, 1.165) is 6.42 Å². The highest BCUT2D eigenvalue weighted by molar-refractivity contribution is 4.84. The molecule has 110 valence electrons. The van der Waals surface area contributed by atoms with Gasteiger partial charge in [0.05, 0.1) is 12.2 Å². The zero-order valence-corrected chi connectivity index (χ0v) is 12.8. The average Bonchev–Trinajstić information content (AvgIpc) is 3.16. The summed E-state index contributed by atoms with van der Waals surface area (Å²) in [5.41, 5.74) is 2.83. The second-order valence-electron chi connectivity index (χ2n) is 5.82. The molecule has 0 N–H and O–H groups in total. The van der Waals surface area contributed by atoms with Gasteiger partial charge in [0.25, 0.3) is 0 Å². The van der Waals surface area contributed by atoms with E-state index in [1.165, 1.54) is 70.6 Å². The van der Waals surface area contributed by atoms with Gasteiger partial charge in [-0.25, -0.2) is 0 Å². The monoisotopic (exact) mass is 264 g/mol. The summed E-state index contributed by atoms with van der Waals surface area (Å²) in [4.78, 5) is 0. The molecular formula is C18H32O.